The van der Waals surface area contributed by atoms with Crippen molar-refractivity contribution in [1.82, 2.24) is 19.9 Å². The summed E-state index contributed by atoms with van der Waals surface area (Å²) in [7, 11) is 2.89. The first-order valence-corrected chi connectivity index (χ1v) is 8.96. The Hall–Kier alpha value is -3.30. The largest absolute Gasteiger partial charge is 0.493 e. The SMILES string of the molecule is COc1ccc(-c2cc(C(F)(F)F)n3nc(C(=O)NC(C)(C)C)cc3n2)cc1OC. The summed E-state index contributed by atoms with van der Waals surface area (Å²) in [6, 6.07) is 6.78. The monoisotopic (exact) mass is 422 g/mol. The fourth-order valence-corrected chi connectivity index (χ4v) is 2.84. The fraction of sp³-hybridized carbons (Fsp3) is 0.350. The van der Waals surface area contributed by atoms with Crippen molar-refractivity contribution in [2.24, 2.45) is 0 Å². The molecule has 0 unspecified atom stereocenters. The predicted molar refractivity (Wildman–Crippen MR) is 104 cm³/mol. The molecule has 10 heteroatoms. The lowest BCUT2D eigenvalue weighted by atomic mass is 10.1. The van der Waals surface area contributed by atoms with Crippen LogP contribution in [0.25, 0.3) is 16.9 Å². The van der Waals surface area contributed by atoms with Crippen LogP contribution < -0.4 is 14.8 Å². The molecule has 2 aromatic heterocycles. The summed E-state index contributed by atoms with van der Waals surface area (Å²) in [4.78, 5) is 16.6. The third-order valence-electron chi connectivity index (χ3n) is 4.12. The smallest absolute Gasteiger partial charge is 0.433 e. The molecule has 3 rings (SSSR count). The van der Waals surface area contributed by atoms with Crippen LogP contribution in [0.5, 0.6) is 11.5 Å². The molecule has 3 aromatic rings. The summed E-state index contributed by atoms with van der Waals surface area (Å²) in [6.07, 6.45) is -4.71. The zero-order valence-electron chi connectivity index (χ0n) is 17.1. The number of benzene rings is 1. The van der Waals surface area contributed by atoms with Crippen molar-refractivity contribution in [3.05, 3.63) is 41.7 Å². The van der Waals surface area contributed by atoms with E-state index in [1.807, 2.05) is 0 Å². The third-order valence-corrected chi connectivity index (χ3v) is 4.12. The average Bonchev–Trinajstić information content (AvgIpc) is 3.08. The first-order chi connectivity index (χ1) is 13.9. The Morgan fingerprint density at radius 1 is 1.03 bits per heavy atom. The molecular formula is C20H21F3N4O3. The van der Waals surface area contributed by atoms with Gasteiger partial charge in [-0.1, -0.05) is 0 Å². The minimum atomic E-state index is -4.71. The second kappa shape index (κ2) is 7.51. The molecule has 1 N–H and O–H groups in total. The Labute approximate surface area is 170 Å². The van der Waals surface area contributed by atoms with Crippen molar-refractivity contribution in [3.8, 4) is 22.8 Å². The van der Waals surface area contributed by atoms with Gasteiger partial charge in [-0.25, -0.2) is 9.50 Å². The molecule has 0 aliphatic heterocycles. The van der Waals surface area contributed by atoms with E-state index in [1.165, 1.54) is 26.4 Å². The normalized spacial score (nSPS) is 12.1. The maximum atomic E-state index is 13.7. The number of carbonyl (C=O) groups is 1. The van der Waals surface area contributed by atoms with Crippen LogP contribution in [-0.4, -0.2) is 40.3 Å². The van der Waals surface area contributed by atoms with Crippen molar-refractivity contribution in [2.45, 2.75) is 32.5 Å². The molecule has 0 fully saturated rings. The Morgan fingerprint density at radius 3 is 2.27 bits per heavy atom. The minimum absolute atomic E-state index is 0.0541. The van der Waals surface area contributed by atoms with Gasteiger partial charge in [-0.05, 0) is 45.0 Å². The van der Waals surface area contributed by atoms with E-state index in [9.17, 15) is 18.0 Å². The molecule has 0 bridgehead atoms. The van der Waals surface area contributed by atoms with Gasteiger partial charge in [0, 0.05) is 17.2 Å². The number of ether oxygens (including phenoxy) is 2. The van der Waals surface area contributed by atoms with Crippen LogP contribution in [0.1, 0.15) is 37.0 Å². The van der Waals surface area contributed by atoms with Gasteiger partial charge < -0.3 is 14.8 Å². The number of aromatic nitrogens is 3. The molecular weight excluding hydrogens is 401 g/mol. The number of carbonyl (C=O) groups excluding carboxylic acids is 1. The van der Waals surface area contributed by atoms with E-state index in [0.717, 1.165) is 6.07 Å². The summed E-state index contributed by atoms with van der Waals surface area (Å²) >= 11 is 0. The molecule has 0 aliphatic carbocycles. The van der Waals surface area contributed by atoms with E-state index >= 15 is 0 Å². The fourth-order valence-electron chi connectivity index (χ4n) is 2.84. The molecule has 160 valence electrons. The number of hydrogen-bond donors (Lipinski definition) is 1. The van der Waals surface area contributed by atoms with Crippen LogP contribution in [0.4, 0.5) is 13.2 Å². The number of nitrogens with zero attached hydrogens (tertiary/aromatic N) is 3. The van der Waals surface area contributed by atoms with E-state index in [0.29, 0.717) is 21.6 Å². The van der Waals surface area contributed by atoms with Crippen LogP contribution >= 0.6 is 0 Å². The molecule has 0 atom stereocenters. The standard InChI is InChI=1S/C20H21F3N4O3/c1-19(2,3)25-18(28)13-10-17-24-12(9-16(20(21,22)23)27(17)26-13)11-6-7-14(29-4)15(8-11)30-5/h6-10H,1-5H3,(H,25,28). The third kappa shape index (κ3) is 4.32. The molecule has 0 aliphatic rings. The summed E-state index contributed by atoms with van der Waals surface area (Å²) in [6.45, 7) is 5.28. The summed E-state index contributed by atoms with van der Waals surface area (Å²) in [5.41, 5.74) is -1.44. The average molecular weight is 422 g/mol. The molecule has 7 nitrogen and oxygen atoms in total. The lowest BCUT2D eigenvalue weighted by Gasteiger charge is -2.19. The molecule has 0 spiro atoms. The number of methoxy groups -OCH3 is 2. The van der Waals surface area contributed by atoms with Crippen molar-refractivity contribution in [1.29, 1.82) is 0 Å². The molecule has 30 heavy (non-hydrogen) atoms. The lowest BCUT2D eigenvalue weighted by Crippen LogP contribution is -2.40. The summed E-state index contributed by atoms with van der Waals surface area (Å²) < 4.78 is 52.2. The van der Waals surface area contributed by atoms with Gasteiger partial charge >= 0.3 is 6.18 Å². The Kier molecular flexibility index (Phi) is 5.36. The highest BCUT2D eigenvalue weighted by molar-refractivity contribution is 5.93. The van der Waals surface area contributed by atoms with Crippen LogP contribution in [-0.2, 0) is 6.18 Å². The second-order valence-corrected chi connectivity index (χ2v) is 7.60. The van der Waals surface area contributed by atoms with Crippen molar-refractivity contribution in [2.75, 3.05) is 14.2 Å². The first kappa shape index (κ1) is 21.4. The van der Waals surface area contributed by atoms with Crippen molar-refractivity contribution < 1.29 is 27.4 Å². The van der Waals surface area contributed by atoms with Crippen LogP contribution in [0, 0.1) is 0 Å². The quantitative estimate of drug-likeness (QED) is 0.689. The van der Waals surface area contributed by atoms with Crippen molar-refractivity contribution in [3.63, 3.8) is 0 Å². The zero-order chi connectivity index (χ0) is 22.3. The number of hydrogen-bond acceptors (Lipinski definition) is 5. The molecule has 0 saturated carbocycles. The zero-order valence-corrected chi connectivity index (χ0v) is 17.1. The predicted octanol–water partition coefficient (Wildman–Crippen LogP) is 3.96. The highest BCUT2D eigenvalue weighted by Gasteiger charge is 2.36. The second-order valence-electron chi connectivity index (χ2n) is 7.60. The number of alkyl halides is 3. The van der Waals surface area contributed by atoms with E-state index in [1.54, 1.807) is 32.9 Å². The molecule has 1 amide bonds. The van der Waals surface area contributed by atoms with Gasteiger partial charge in [0.2, 0.25) is 0 Å². The van der Waals surface area contributed by atoms with Gasteiger partial charge in [0.15, 0.2) is 28.5 Å². The maximum Gasteiger partial charge on any atom is 0.433 e. The molecule has 2 heterocycles. The topological polar surface area (TPSA) is 77.8 Å². The molecule has 0 saturated heterocycles. The van der Waals surface area contributed by atoms with Gasteiger partial charge in [-0.15, -0.1) is 0 Å². The summed E-state index contributed by atoms with van der Waals surface area (Å²) in [5.74, 6) is 0.196. The van der Waals surface area contributed by atoms with Crippen LogP contribution in [0.3, 0.4) is 0 Å². The first-order valence-electron chi connectivity index (χ1n) is 8.96. The van der Waals surface area contributed by atoms with Crippen LogP contribution in [0.2, 0.25) is 0 Å². The van der Waals surface area contributed by atoms with Gasteiger partial charge in [0.05, 0.1) is 19.9 Å². The molecule has 1 aromatic carbocycles. The van der Waals surface area contributed by atoms with E-state index in [4.69, 9.17) is 9.47 Å². The van der Waals surface area contributed by atoms with E-state index in [-0.39, 0.29) is 17.0 Å². The van der Waals surface area contributed by atoms with Gasteiger partial charge in [-0.2, -0.15) is 18.3 Å². The Bertz CT molecular complexity index is 1100. The lowest BCUT2D eigenvalue weighted by molar-refractivity contribution is -0.142. The van der Waals surface area contributed by atoms with Crippen molar-refractivity contribution >= 4 is 11.6 Å². The molecule has 0 radical (unpaired) electrons. The number of rotatable bonds is 4. The number of fused-ring (bicyclic) bond motifs is 1. The van der Waals surface area contributed by atoms with E-state index in [2.05, 4.69) is 15.4 Å². The van der Waals surface area contributed by atoms with E-state index < -0.39 is 23.3 Å². The highest BCUT2D eigenvalue weighted by atomic mass is 19.4. The number of nitrogens with one attached hydrogen (secondary N) is 1. The Balaban J connectivity index is 2.17. The summed E-state index contributed by atoms with van der Waals surface area (Å²) in [5, 5.41) is 6.51. The number of halogens is 3. The number of amides is 1. The van der Waals surface area contributed by atoms with Gasteiger partial charge in [0.25, 0.3) is 5.91 Å². The van der Waals surface area contributed by atoms with Crippen LogP contribution in [0.15, 0.2) is 30.3 Å². The minimum Gasteiger partial charge on any atom is -0.493 e. The van der Waals surface area contributed by atoms with Gasteiger partial charge in [0.1, 0.15) is 0 Å². The highest BCUT2D eigenvalue weighted by Crippen LogP contribution is 2.35. The Morgan fingerprint density at radius 2 is 1.70 bits per heavy atom. The maximum absolute atomic E-state index is 13.7. The van der Waals surface area contributed by atoms with Gasteiger partial charge in [-0.3, -0.25) is 4.79 Å².